The van der Waals surface area contributed by atoms with Crippen molar-refractivity contribution in [1.29, 1.82) is 0 Å². The van der Waals surface area contributed by atoms with Crippen LogP contribution in [0.15, 0.2) is 30.3 Å². The summed E-state index contributed by atoms with van der Waals surface area (Å²) in [6.07, 6.45) is 0.639. The number of carboxylic acids is 1. The number of aliphatic hydroxyl groups excluding tert-OH is 1. The molecule has 2 aliphatic rings. The highest BCUT2D eigenvalue weighted by Gasteiger charge is 2.43. The molecule has 1 aliphatic carbocycles. The van der Waals surface area contributed by atoms with Crippen molar-refractivity contribution in [3.8, 4) is 5.75 Å². The van der Waals surface area contributed by atoms with E-state index in [2.05, 4.69) is 14.9 Å². The van der Waals surface area contributed by atoms with Crippen molar-refractivity contribution in [2.45, 2.75) is 38.9 Å². The third-order valence-electron chi connectivity index (χ3n) is 5.82. The summed E-state index contributed by atoms with van der Waals surface area (Å²) >= 11 is 0. The molecule has 28 heavy (non-hydrogen) atoms. The molecule has 4 atom stereocenters. The molecule has 2 N–H and O–H groups in total. The Morgan fingerprint density at radius 1 is 1.11 bits per heavy atom. The van der Waals surface area contributed by atoms with Gasteiger partial charge in [-0.2, -0.15) is 0 Å². The first kappa shape index (κ1) is 18.7. The molecule has 148 valence electrons. The zero-order valence-electron chi connectivity index (χ0n) is 16.1. The summed E-state index contributed by atoms with van der Waals surface area (Å²) in [6.45, 7) is 5.42. The highest BCUT2D eigenvalue weighted by molar-refractivity contribution is 5.85. The highest BCUT2D eigenvalue weighted by Crippen LogP contribution is 2.39. The number of anilines is 1. The smallest absolute Gasteiger partial charge is 0.354 e. The van der Waals surface area contributed by atoms with E-state index in [4.69, 9.17) is 4.74 Å². The van der Waals surface area contributed by atoms with Gasteiger partial charge in [0.05, 0.1) is 11.8 Å². The second-order valence-electron chi connectivity index (χ2n) is 7.84. The van der Waals surface area contributed by atoms with Crippen molar-refractivity contribution in [3.63, 3.8) is 0 Å². The van der Waals surface area contributed by atoms with Crippen LogP contribution >= 0.6 is 0 Å². The van der Waals surface area contributed by atoms with Gasteiger partial charge in [0.25, 0.3) is 0 Å². The summed E-state index contributed by atoms with van der Waals surface area (Å²) in [6, 6.07) is 8.90. The van der Waals surface area contributed by atoms with Crippen molar-refractivity contribution in [1.82, 2.24) is 9.97 Å². The third kappa shape index (κ3) is 3.67. The number of aromatic carboxylic acids is 1. The standard InChI is InChI=1S/C21H25N3O4/c1-12-6-7-18(13(2)22-12)28-19-9-15-11-24(10-14(15)8-17(19)25)20-5-3-4-16(23-20)21(26)27/h3-7,14-15,17,19,25H,8-11H2,1-2H3,(H,26,27)/t14-,15+,17+,19+/m0/s1. The molecule has 0 bridgehead atoms. The summed E-state index contributed by atoms with van der Waals surface area (Å²) in [5, 5.41) is 19.8. The third-order valence-corrected chi connectivity index (χ3v) is 5.82. The molecule has 0 spiro atoms. The Hall–Kier alpha value is -2.67. The van der Waals surface area contributed by atoms with Crippen molar-refractivity contribution in [3.05, 3.63) is 47.4 Å². The molecule has 2 aromatic rings. The minimum atomic E-state index is -1.02. The second-order valence-corrected chi connectivity index (χ2v) is 7.84. The number of fused-ring (bicyclic) bond motifs is 1. The maximum Gasteiger partial charge on any atom is 0.354 e. The van der Waals surface area contributed by atoms with E-state index in [1.807, 2.05) is 32.0 Å². The summed E-state index contributed by atoms with van der Waals surface area (Å²) in [5.74, 6) is 1.10. The molecule has 0 amide bonds. The highest BCUT2D eigenvalue weighted by atomic mass is 16.5. The van der Waals surface area contributed by atoms with Crippen LogP contribution in [-0.2, 0) is 0 Å². The number of ether oxygens (including phenoxy) is 1. The quantitative estimate of drug-likeness (QED) is 0.837. The minimum absolute atomic E-state index is 0.0518. The van der Waals surface area contributed by atoms with E-state index >= 15 is 0 Å². The maximum absolute atomic E-state index is 11.2. The van der Waals surface area contributed by atoms with Crippen LogP contribution in [0.5, 0.6) is 5.75 Å². The Labute approximate surface area is 164 Å². The molecule has 0 unspecified atom stereocenters. The van der Waals surface area contributed by atoms with Gasteiger partial charge in [-0.15, -0.1) is 0 Å². The first-order valence-electron chi connectivity index (χ1n) is 9.65. The van der Waals surface area contributed by atoms with E-state index in [1.54, 1.807) is 6.07 Å². The molecular formula is C21H25N3O4. The van der Waals surface area contributed by atoms with Gasteiger partial charge >= 0.3 is 5.97 Å². The summed E-state index contributed by atoms with van der Waals surface area (Å²) < 4.78 is 6.13. The Morgan fingerprint density at radius 2 is 1.86 bits per heavy atom. The van der Waals surface area contributed by atoms with Crippen LogP contribution in [0.4, 0.5) is 5.82 Å². The molecule has 3 heterocycles. The van der Waals surface area contributed by atoms with Crippen LogP contribution in [0.1, 0.15) is 34.7 Å². The predicted octanol–water partition coefficient (Wildman–Crippen LogP) is 2.45. The van der Waals surface area contributed by atoms with Crippen LogP contribution in [-0.4, -0.2) is 51.4 Å². The largest absolute Gasteiger partial charge is 0.486 e. The fourth-order valence-corrected chi connectivity index (χ4v) is 4.38. The molecule has 0 aromatic carbocycles. The van der Waals surface area contributed by atoms with Crippen molar-refractivity contribution < 1.29 is 19.7 Å². The lowest BCUT2D eigenvalue weighted by atomic mass is 9.78. The van der Waals surface area contributed by atoms with Gasteiger partial charge in [0.2, 0.25) is 0 Å². The molecule has 2 fully saturated rings. The number of hydrogen-bond acceptors (Lipinski definition) is 6. The molecular weight excluding hydrogens is 358 g/mol. The Morgan fingerprint density at radius 3 is 2.57 bits per heavy atom. The fourth-order valence-electron chi connectivity index (χ4n) is 4.38. The number of hydrogen-bond donors (Lipinski definition) is 2. The van der Waals surface area contributed by atoms with E-state index in [-0.39, 0.29) is 11.8 Å². The maximum atomic E-state index is 11.2. The monoisotopic (exact) mass is 383 g/mol. The van der Waals surface area contributed by atoms with E-state index in [9.17, 15) is 15.0 Å². The van der Waals surface area contributed by atoms with Gasteiger partial charge in [0.15, 0.2) is 5.69 Å². The number of aryl methyl sites for hydroxylation is 2. The second kappa shape index (κ2) is 7.39. The minimum Gasteiger partial charge on any atom is -0.486 e. The molecule has 7 heteroatoms. The summed E-state index contributed by atoms with van der Waals surface area (Å²) in [7, 11) is 0. The molecule has 4 rings (SSSR count). The normalized spacial score (nSPS) is 26.8. The topological polar surface area (TPSA) is 95.8 Å². The number of carboxylic acid groups (broad SMARTS) is 1. The summed E-state index contributed by atoms with van der Waals surface area (Å²) in [5.41, 5.74) is 1.82. The molecule has 1 saturated heterocycles. The molecule has 2 aromatic heterocycles. The lowest BCUT2D eigenvalue weighted by Gasteiger charge is -2.35. The number of aliphatic hydroxyl groups is 1. The zero-order chi connectivity index (χ0) is 19.8. The van der Waals surface area contributed by atoms with Crippen molar-refractivity contribution >= 4 is 11.8 Å². The van der Waals surface area contributed by atoms with Gasteiger partial charge in [-0.3, -0.25) is 4.98 Å². The van der Waals surface area contributed by atoms with Crippen LogP contribution in [0, 0.1) is 25.7 Å². The van der Waals surface area contributed by atoms with Gasteiger partial charge in [0.1, 0.15) is 17.7 Å². The van der Waals surface area contributed by atoms with Crippen LogP contribution in [0.2, 0.25) is 0 Å². The number of carbonyl (C=O) groups is 1. The average Bonchev–Trinajstić information content (AvgIpc) is 3.07. The van der Waals surface area contributed by atoms with Crippen molar-refractivity contribution in [2.24, 2.45) is 11.8 Å². The Balaban J connectivity index is 1.46. The predicted molar refractivity (Wildman–Crippen MR) is 104 cm³/mol. The SMILES string of the molecule is Cc1ccc(O[C@@H]2C[C@@H]3CN(c4cccc(C(=O)O)n4)C[C@@H]3C[C@H]2O)c(C)n1. The van der Waals surface area contributed by atoms with Gasteiger partial charge in [0, 0.05) is 18.8 Å². The van der Waals surface area contributed by atoms with Gasteiger partial charge < -0.3 is 19.8 Å². The average molecular weight is 383 g/mol. The molecule has 7 nitrogen and oxygen atoms in total. The first-order chi connectivity index (χ1) is 13.4. The number of rotatable bonds is 4. The lowest BCUT2D eigenvalue weighted by molar-refractivity contribution is -0.0236. The van der Waals surface area contributed by atoms with Crippen molar-refractivity contribution in [2.75, 3.05) is 18.0 Å². The van der Waals surface area contributed by atoms with Crippen LogP contribution in [0.25, 0.3) is 0 Å². The number of aromatic nitrogens is 2. The van der Waals surface area contributed by atoms with E-state index < -0.39 is 12.1 Å². The lowest BCUT2D eigenvalue weighted by Crippen LogP contribution is -2.42. The summed E-state index contributed by atoms with van der Waals surface area (Å²) in [4.78, 5) is 22.0. The number of pyridine rings is 2. The van der Waals surface area contributed by atoms with Gasteiger partial charge in [-0.25, -0.2) is 9.78 Å². The van der Waals surface area contributed by atoms with Gasteiger partial charge in [-0.1, -0.05) is 6.07 Å². The molecule has 0 radical (unpaired) electrons. The zero-order valence-corrected chi connectivity index (χ0v) is 16.1. The van der Waals surface area contributed by atoms with E-state index in [0.29, 0.717) is 24.1 Å². The van der Waals surface area contributed by atoms with Gasteiger partial charge in [-0.05, 0) is 62.8 Å². The molecule has 1 saturated carbocycles. The van der Waals surface area contributed by atoms with Crippen LogP contribution in [0.3, 0.4) is 0 Å². The number of nitrogens with zero attached hydrogens (tertiary/aromatic N) is 3. The fraction of sp³-hybridized carbons (Fsp3) is 0.476. The Bertz CT molecular complexity index is 888. The van der Waals surface area contributed by atoms with E-state index in [0.717, 1.165) is 36.6 Å². The Kier molecular flexibility index (Phi) is 4.93. The first-order valence-corrected chi connectivity index (χ1v) is 9.65. The molecule has 1 aliphatic heterocycles. The van der Waals surface area contributed by atoms with E-state index in [1.165, 1.54) is 6.07 Å². The van der Waals surface area contributed by atoms with Crippen LogP contribution < -0.4 is 9.64 Å².